The summed E-state index contributed by atoms with van der Waals surface area (Å²) < 4.78 is 11.1. The number of rotatable bonds is 7. The third kappa shape index (κ3) is 5.51. The molecule has 1 aliphatic rings. The maximum Gasteiger partial charge on any atom is 0.230 e. The van der Waals surface area contributed by atoms with Gasteiger partial charge in [0.25, 0.3) is 0 Å². The lowest BCUT2D eigenvalue weighted by Gasteiger charge is -2.13. The van der Waals surface area contributed by atoms with E-state index in [0.29, 0.717) is 18.3 Å². The van der Waals surface area contributed by atoms with Crippen molar-refractivity contribution in [1.82, 2.24) is 5.16 Å². The van der Waals surface area contributed by atoms with E-state index in [4.69, 9.17) is 9.26 Å². The van der Waals surface area contributed by atoms with Gasteiger partial charge in [0, 0.05) is 17.2 Å². The molecule has 1 aliphatic carbocycles. The Hall–Kier alpha value is -2.95. The van der Waals surface area contributed by atoms with Crippen molar-refractivity contribution < 1.29 is 9.26 Å². The first kappa shape index (κ1) is 18.8. The van der Waals surface area contributed by atoms with Crippen LogP contribution in [0.3, 0.4) is 0 Å². The molecule has 3 rings (SSSR count). The first-order valence-corrected chi connectivity index (χ1v) is 9.19. The zero-order chi connectivity index (χ0) is 19.3. The largest absolute Gasteiger partial charge is 0.489 e. The van der Waals surface area contributed by atoms with Gasteiger partial charge in [-0.1, -0.05) is 50.7 Å². The predicted molar refractivity (Wildman–Crippen MR) is 110 cm³/mol. The van der Waals surface area contributed by atoms with Crippen LogP contribution in [0.15, 0.2) is 71.1 Å². The fourth-order valence-corrected chi connectivity index (χ4v) is 2.62. The Kier molecular flexibility index (Phi) is 5.69. The van der Waals surface area contributed by atoms with Crippen molar-refractivity contribution in [2.75, 3.05) is 17.2 Å². The summed E-state index contributed by atoms with van der Waals surface area (Å²) in [6.07, 6.45) is 8.75. The minimum Gasteiger partial charge on any atom is -0.489 e. The molecule has 0 amide bonds. The van der Waals surface area contributed by atoms with Gasteiger partial charge in [-0.2, -0.15) is 0 Å². The molecule has 0 saturated heterocycles. The summed E-state index contributed by atoms with van der Waals surface area (Å²) >= 11 is 0. The summed E-state index contributed by atoms with van der Waals surface area (Å²) in [5, 5.41) is 10.4. The number of aromatic nitrogens is 1. The van der Waals surface area contributed by atoms with Gasteiger partial charge in [-0.05, 0) is 42.7 Å². The highest BCUT2D eigenvalue weighted by Crippen LogP contribution is 2.24. The zero-order valence-corrected chi connectivity index (χ0v) is 16.2. The van der Waals surface area contributed by atoms with E-state index in [1.165, 1.54) is 5.57 Å². The molecule has 0 saturated carbocycles. The van der Waals surface area contributed by atoms with Crippen LogP contribution < -0.4 is 15.4 Å². The van der Waals surface area contributed by atoms with Gasteiger partial charge >= 0.3 is 0 Å². The number of benzene rings is 1. The minimum atomic E-state index is -0.0581. The third-order valence-corrected chi connectivity index (χ3v) is 4.18. The molecule has 0 atom stereocenters. The van der Waals surface area contributed by atoms with Crippen molar-refractivity contribution in [3.8, 4) is 5.75 Å². The van der Waals surface area contributed by atoms with Crippen LogP contribution in [0.1, 0.15) is 39.3 Å². The van der Waals surface area contributed by atoms with Gasteiger partial charge in [0.05, 0.1) is 5.69 Å². The standard InChI is InChI=1S/C22H27N3O2/c1-16(24-21-14-20(25-27-21)22(2,3)4)23-18-10-12-19(13-11-18)26-15-17-8-6-5-7-9-17/h6,8-14,23-24H,1,5,7,15H2,2-4H3. The molecule has 1 heterocycles. The Bertz CT molecular complexity index is 839. The van der Waals surface area contributed by atoms with Gasteiger partial charge in [0.2, 0.25) is 5.88 Å². The molecule has 0 radical (unpaired) electrons. The van der Waals surface area contributed by atoms with E-state index in [-0.39, 0.29) is 5.41 Å². The van der Waals surface area contributed by atoms with E-state index in [1.54, 1.807) is 0 Å². The summed E-state index contributed by atoms with van der Waals surface area (Å²) in [5.74, 6) is 2.01. The molecule has 2 aromatic rings. The molecular weight excluding hydrogens is 338 g/mol. The molecule has 2 N–H and O–H groups in total. The van der Waals surface area contributed by atoms with E-state index in [9.17, 15) is 0 Å². The zero-order valence-electron chi connectivity index (χ0n) is 16.2. The Morgan fingerprint density at radius 2 is 1.96 bits per heavy atom. The normalized spacial score (nSPS) is 13.8. The van der Waals surface area contributed by atoms with Crippen LogP contribution in [0, 0.1) is 0 Å². The molecule has 1 aromatic heterocycles. The molecule has 27 heavy (non-hydrogen) atoms. The van der Waals surface area contributed by atoms with Crippen LogP contribution in [-0.4, -0.2) is 11.8 Å². The molecule has 142 valence electrons. The van der Waals surface area contributed by atoms with Gasteiger partial charge < -0.3 is 19.9 Å². The maximum absolute atomic E-state index is 5.83. The van der Waals surface area contributed by atoms with E-state index < -0.39 is 0 Å². The first-order chi connectivity index (χ1) is 12.9. The van der Waals surface area contributed by atoms with E-state index in [0.717, 1.165) is 30.0 Å². The van der Waals surface area contributed by atoms with Crippen LogP contribution in [0.5, 0.6) is 5.75 Å². The number of ether oxygens (including phenoxy) is 1. The Labute approximate surface area is 160 Å². The van der Waals surface area contributed by atoms with Crippen LogP contribution in [0.25, 0.3) is 0 Å². The Morgan fingerprint density at radius 3 is 2.59 bits per heavy atom. The van der Waals surface area contributed by atoms with Crippen LogP contribution in [-0.2, 0) is 5.41 Å². The molecular formula is C22H27N3O2. The molecule has 0 bridgehead atoms. The molecule has 5 nitrogen and oxygen atoms in total. The quantitative estimate of drug-likeness (QED) is 0.666. The highest BCUT2D eigenvalue weighted by atomic mass is 16.5. The minimum absolute atomic E-state index is 0.0581. The number of nitrogens with zero attached hydrogens (tertiary/aromatic N) is 1. The first-order valence-electron chi connectivity index (χ1n) is 9.19. The third-order valence-electron chi connectivity index (χ3n) is 4.18. The van der Waals surface area contributed by atoms with Crippen molar-refractivity contribution in [3.05, 3.63) is 72.2 Å². The lowest BCUT2D eigenvalue weighted by Crippen LogP contribution is -2.11. The van der Waals surface area contributed by atoms with Gasteiger partial charge in [-0.3, -0.25) is 0 Å². The van der Waals surface area contributed by atoms with Gasteiger partial charge in [0.15, 0.2) is 0 Å². The highest BCUT2D eigenvalue weighted by molar-refractivity contribution is 5.53. The van der Waals surface area contributed by atoms with Crippen molar-refractivity contribution in [1.29, 1.82) is 0 Å². The van der Waals surface area contributed by atoms with Crippen molar-refractivity contribution in [2.45, 2.75) is 39.0 Å². The highest BCUT2D eigenvalue weighted by Gasteiger charge is 2.19. The maximum atomic E-state index is 5.83. The summed E-state index contributed by atoms with van der Waals surface area (Å²) in [6, 6.07) is 9.67. The van der Waals surface area contributed by atoms with E-state index >= 15 is 0 Å². The molecule has 0 spiro atoms. The molecule has 5 heteroatoms. The number of hydrogen-bond acceptors (Lipinski definition) is 5. The lowest BCUT2D eigenvalue weighted by molar-refractivity contribution is 0.355. The van der Waals surface area contributed by atoms with Crippen LogP contribution in [0.2, 0.25) is 0 Å². The predicted octanol–water partition coefficient (Wildman–Crippen LogP) is 5.62. The topological polar surface area (TPSA) is 59.3 Å². The molecule has 0 aliphatic heterocycles. The van der Waals surface area contributed by atoms with Crippen LogP contribution in [0.4, 0.5) is 11.6 Å². The second kappa shape index (κ2) is 8.16. The van der Waals surface area contributed by atoms with Gasteiger partial charge in [-0.15, -0.1) is 0 Å². The van der Waals surface area contributed by atoms with E-state index in [2.05, 4.69) is 61.4 Å². The summed E-state index contributed by atoms with van der Waals surface area (Å²) in [5.41, 5.74) is 2.97. The van der Waals surface area contributed by atoms with Gasteiger partial charge in [0.1, 0.15) is 18.2 Å². The molecule has 0 unspecified atom stereocenters. The average molecular weight is 365 g/mol. The lowest BCUT2D eigenvalue weighted by atomic mass is 9.92. The fourth-order valence-electron chi connectivity index (χ4n) is 2.62. The monoisotopic (exact) mass is 365 g/mol. The smallest absolute Gasteiger partial charge is 0.230 e. The fraction of sp³-hybridized carbons (Fsp3) is 0.318. The number of anilines is 2. The average Bonchev–Trinajstić information content (AvgIpc) is 3.11. The van der Waals surface area contributed by atoms with Crippen molar-refractivity contribution in [3.63, 3.8) is 0 Å². The van der Waals surface area contributed by atoms with E-state index in [1.807, 2.05) is 30.3 Å². The molecule has 0 fully saturated rings. The van der Waals surface area contributed by atoms with Crippen molar-refractivity contribution in [2.24, 2.45) is 0 Å². The number of nitrogens with one attached hydrogen (secondary N) is 2. The Balaban J connectivity index is 1.50. The molecule has 1 aromatic carbocycles. The SMILES string of the molecule is C=C(Nc1ccc(OCC2=CCCC=C2)cc1)Nc1cc(C(C)(C)C)no1. The summed E-state index contributed by atoms with van der Waals surface area (Å²) in [7, 11) is 0. The van der Waals surface area contributed by atoms with Crippen LogP contribution >= 0.6 is 0 Å². The number of allylic oxidation sites excluding steroid dienone is 2. The second-order valence-electron chi connectivity index (χ2n) is 7.63. The second-order valence-corrected chi connectivity index (χ2v) is 7.63. The Morgan fingerprint density at radius 1 is 1.19 bits per heavy atom. The van der Waals surface area contributed by atoms with Crippen molar-refractivity contribution >= 4 is 11.6 Å². The van der Waals surface area contributed by atoms with Gasteiger partial charge in [-0.25, -0.2) is 0 Å². The summed E-state index contributed by atoms with van der Waals surface area (Å²) in [4.78, 5) is 0. The summed E-state index contributed by atoms with van der Waals surface area (Å²) in [6.45, 7) is 10.8. The number of hydrogen-bond donors (Lipinski definition) is 2.